The fraction of sp³-hybridized carbons (Fsp3) is 0.227. The summed E-state index contributed by atoms with van der Waals surface area (Å²) in [5.74, 6) is 1.71. The summed E-state index contributed by atoms with van der Waals surface area (Å²) in [6, 6.07) is 11.4. The van der Waals surface area contributed by atoms with Gasteiger partial charge in [0.25, 0.3) is 0 Å². The molecule has 0 fully saturated rings. The van der Waals surface area contributed by atoms with Crippen LogP contribution in [0.3, 0.4) is 0 Å². The molecule has 1 aliphatic rings. The molecule has 2 aromatic heterocycles. The highest BCUT2D eigenvalue weighted by molar-refractivity contribution is 7.07. The molecule has 0 spiro atoms. The Labute approximate surface area is 187 Å². The third-order valence-corrected chi connectivity index (χ3v) is 5.84. The van der Waals surface area contributed by atoms with E-state index in [-0.39, 0.29) is 12.5 Å². The number of imidazole rings is 1. The van der Waals surface area contributed by atoms with Gasteiger partial charge in [0.05, 0.1) is 34.8 Å². The molecule has 31 heavy (non-hydrogen) atoms. The number of ether oxygens (including phenoxy) is 2. The third-order valence-electron chi connectivity index (χ3n) is 4.97. The predicted molar refractivity (Wildman–Crippen MR) is 120 cm³/mol. The van der Waals surface area contributed by atoms with E-state index in [1.165, 1.54) is 11.3 Å². The number of rotatable bonds is 5. The number of hydrogen-bond acceptors (Lipinski definition) is 6. The zero-order chi connectivity index (χ0) is 21.2. The molecule has 3 heterocycles. The SMILES string of the molecule is O=C(Cn1c(-c2cscn2)nc2ccccc21)NCc1cc(Cl)c2c(c1)OCCCO2. The maximum atomic E-state index is 12.8. The van der Waals surface area contributed by atoms with Crippen molar-refractivity contribution in [2.24, 2.45) is 0 Å². The van der Waals surface area contributed by atoms with Gasteiger partial charge in [-0.25, -0.2) is 9.97 Å². The Kier molecular flexibility index (Phi) is 5.48. The Morgan fingerprint density at radius 1 is 1.23 bits per heavy atom. The highest BCUT2D eigenvalue weighted by Gasteiger charge is 2.18. The molecule has 0 saturated carbocycles. The highest BCUT2D eigenvalue weighted by atomic mass is 35.5. The Morgan fingerprint density at radius 3 is 2.97 bits per heavy atom. The summed E-state index contributed by atoms with van der Waals surface area (Å²) in [6.07, 6.45) is 0.803. The quantitative estimate of drug-likeness (QED) is 0.486. The smallest absolute Gasteiger partial charge is 0.240 e. The normalized spacial score (nSPS) is 13.2. The van der Waals surface area contributed by atoms with E-state index in [1.54, 1.807) is 11.6 Å². The zero-order valence-electron chi connectivity index (χ0n) is 16.5. The molecule has 1 N–H and O–H groups in total. The molecule has 9 heteroatoms. The Morgan fingerprint density at radius 2 is 2.10 bits per heavy atom. The highest BCUT2D eigenvalue weighted by Crippen LogP contribution is 2.38. The number of nitrogens with zero attached hydrogens (tertiary/aromatic N) is 3. The standard InChI is InChI=1S/C22H19ClN4O3S/c23-15-8-14(9-19-21(15)30-7-3-6-29-19)10-24-20(28)11-27-18-5-2-1-4-16(18)26-22(27)17-12-31-13-25-17/h1-2,4-5,8-9,12-13H,3,6-7,10-11H2,(H,24,28). The van der Waals surface area contributed by atoms with E-state index in [2.05, 4.69) is 15.3 Å². The number of nitrogens with one attached hydrogen (secondary N) is 1. The molecule has 0 radical (unpaired) electrons. The van der Waals surface area contributed by atoms with Crippen LogP contribution in [-0.4, -0.2) is 33.7 Å². The molecule has 0 bridgehead atoms. The van der Waals surface area contributed by atoms with E-state index >= 15 is 0 Å². The van der Waals surface area contributed by atoms with Gasteiger partial charge in [0.15, 0.2) is 17.3 Å². The predicted octanol–water partition coefficient (Wildman–Crippen LogP) is 4.29. The molecule has 5 rings (SSSR count). The fourth-order valence-electron chi connectivity index (χ4n) is 3.54. The molecular formula is C22H19ClN4O3S. The van der Waals surface area contributed by atoms with Crippen molar-refractivity contribution in [1.29, 1.82) is 0 Å². The average molecular weight is 455 g/mol. The molecule has 0 aliphatic carbocycles. The van der Waals surface area contributed by atoms with Crippen LogP contribution in [0.1, 0.15) is 12.0 Å². The molecule has 0 saturated heterocycles. The summed E-state index contributed by atoms with van der Waals surface area (Å²) >= 11 is 7.85. The Balaban J connectivity index is 1.35. The second-order valence-corrected chi connectivity index (χ2v) is 8.24. The van der Waals surface area contributed by atoms with Crippen molar-refractivity contribution in [2.45, 2.75) is 19.5 Å². The number of thiazole rings is 1. The number of carbonyl (C=O) groups is 1. The molecule has 1 amide bonds. The first-order valence-corrected chi connectivity index (χ1v) is 11.2. The van der Waals surface area contributed by atoms with Crippen molar-refractivity contribution in [3.63, 3.8) is 0 Å². The van der Waals surface area contributed by atoms with Gasteiger partial charge >= 0.3 is 0 Å². The Hall–Kier alpha value is -3.10. The summed E-state index contributed by atoms with van der Waals surface area (Å²) in [7, 11) is 0. The summed E-state index contributed by atoms with van der Waals surface area (Å²) in [6.45, 7) is 1.61. The molecular weight excluding hydrogens is 436 g/mol. The molecule has 2 aromatic carbocycles. The number of para-hydroxylation sites is 2. The van der Waals surface area contributed by atoms with Crippen molar-refractivity contribution >= 4 is 39.9 Å². The fourth-order valence-corrected chi connectivity index (χ4v) is 4.36. The molecule has 1 aliphatic heterocycles. The van der Waals surface area contributed by atoms with Gasteiger partial charge in [0, 0.05) is 18.3 Å². The van der Waals surface area contributed by atoms with Crippen LogP contribution in [0, 0.1) is 0 Å². The molecule has 7 nitrogen and oxygen atoms in total. The van der Waals surface area contributed by atoms with Crippen LogP contribution in [-0.2, 0) is 17.9 Å². The molecule has 0 atom stereocenters. The van der Waals surface area contributed by atoms with Crippen molar-refractivity contribution in [1.82, 2.24) is 19.9 Å². The number of aromatic nitrogens is 3. The second kappa shape index (κ2) is 8.56. The lowest BCUT2D eigenvalue weighted by Gasteiger charge is -2.13. The van der Waals surface area contributed by atoms with Gasteiger partial charge < -0.3 is 19.4 Å². The van der Waals surface area contributed by atoms with Gasteiger partial charge in [-0.05, 0) is 29.8 Å². The maximum Gasteiger partial charge on any atom is 0.240 e. The van der Waals surface area contributed by atoms with E-state index in [9.17, 15) is 4.79 Å². The minimum atomic E-state index is -0.136. The van der Waals surface area contributed by atoms with Gasteiger partial charge in [-0.2, -0.15) is 0 Å². The monoisotopic (exact) mass is 454 g/mol. The minimum absolute atomic E-state index is 0.131. The van der Waals surface area contributed by atoms with Crippen LogP contribution in [0.15, 0.2) is 47.3 Å². The van der Waals surface area contributed by atoms with Crippen LogP contribution >= 0.6 is 22.9 Å². The van der Waals surface area contributed by atoms with E-state index in [0.29, 0.717) is 42.1 Å². The lowest BCUT2D eigenvalue weighted by Crippen LogP contribution is -2.27. The van der Waals surface area contributed by atoms with Crippen molar-refractivity contribution in [3.05, 3.63) is 57.9 Å². The third kappa shape index (κ3) is 4.08. The topological polar surface area (TPSA) is 78.3 Å². The summed E-state index contributed by atoms with van der Waals surface area (Å²) in [5.41, 5.74) is 5.07. The van der Waals surface area contributed by atoms with E-state index < -0.39 is 0 Å². The zero-order valence-corrected chi connectivity index (χ0v) is 18.1. The Bertz CT molecular complexity index is 1240. The van der Waals surface area contributed by atoms with E-state index in [0.717, 1.165) is 28.7 Å². The first kappa shape index (κ1) is 19.8. The van der Waals surface area contributed by atoms with Crippen molar-refractivity contribution in [2.75, 3.05) is 13.2 Å². The number of hydrogen-bond donors (Lipinski definition) is 1. The van der Waals surface area contributed by atoms with Gasteiger partial charge in [-0.3, -0.25) is 4.79 Å². The average Bonchev–Trinajstić information content (AvgIpc) is 3.35. The lowest BCUT2D eigenvalue weighted by atomic mass is 10.2. The van der Waals surface area contributed by atoms with Gasteiger partial charge in [0.2, 0.25) is 5.91 Å². The molecule has 4 aromatic rings. The maximum absolute atomic E-state index is 12.8. The summed E-state index contributed by atoms with van der Waals surface area (Å²) in [4.78, 5) is 21.9. The van der Waals surface area contributed by atoms with Crippen LogP contribution in [0.25, 0.3) is 22.6 Å². The molecule has 158 valence electrons. The first-order chi connectivity index (χ1) is 15.2. The first-order valence-electron chi connectivity index (χ1n) is 9.87. The summed E-state index contributed by atoms with van der Waals surface area (Å²) < 4.78 is 13.3. The number of carbonyl (C=O) groups excluding carboxylic acids is 1. The largest absolute Gasteiger partial charge is 0.489 e. The van der Waals surface area contributed by atoms with Crippen molar-refractivity contribution < 1.29 is 14.3 Å². The van der Waals surface area contributed by atoms with Crippen LogP contribution in [0.4, 0.5) is 0 Å². The van der Waals surface area contributed by atoms with E-state index in [1.807, 2.05) is 40.3 Å². The summed E-state index contributed by atoms with van der Waals surface area (Å²) in [5, 5.41) is 5.37. The van der Waals surface area contributed by atoms with Gasteiger partial charge in [-0.15, -0.1) is 11.3 Å². The van der Waals surface area contributed by atoms with Gasteiger partial charge in [0.1, 0.15) is 12.2 Å². The number of fused-ring (bicyclic) bond motifs is 2. The van der Waals surface area contributed by atoms with Crippen LogP contribution in [0.2, 0.25) is 5.02 Å². The van der Waals surface area contributed by atoms with Crippen LogP contribution < -0.4 is 14.8 Å². The number of halogens is 1. The lowest BCUT2D eigenvalue weighted by molar-refractivity contribution is -0.121. The minimum Gasteiger partial charge on any atom is -0.489 e. The van der Waals surface area contributed by atoms with E-state index in [4.69, 9.17) is 21.1 Å². The van der Waals surface area contributed by atoms with Crippen molar-refractivity contribution in [3.8, 4) is 23.0 Å². The number of amides is 1. The van der Waals surface area contributed by atoms with Crippen LogP contribution in [0.5, 0.6) is 11.5 Å². The molecule has 0 unspecified atom stereocenters. The second-order valence-electron chi connectivity index (χ2n) is 7.12. The van der Waals surface area contributed by atoms with Gasteiger partial charge in [-0.1, -0.05) is 23.7 Å². The number of benzene rings is 2.